The van der Waals surface area contributed by atoms with Crippen LogP contribution in [0.2, 0.25) is 0 Å². The minimum absolute atomic E-state index is 0.245. The molecule has 1 aliphatic carbocycles. The first-order valence-corrected chi connectivity index (χ1v) is 5.49. The summed E-state index contributed by atoms with van der Waals surface area (Å²) < 4.78 is 0. The van der Waals surface area contributed by atoms with Crippen molar-refractivity contribution in [3.05, 3.63) is 42.0 Å². The molecule has 2 aromatic rings. The van der Waals surface area contributed by atoms with Crippen molar-refractivity contribution in [2.75, 3.05) is 5.73 Å². The van der Waals surface area contributed by atoms with E-state index in [1.54, 1.807) is 6.33 Å². The summed E-state index contributed by atoms with van der Waals surface area (Å²) in [7, 11) is 0. The molecule has 0 atom stereocenters. The molecular formula is C12H14N4. The number of H-pyrrole nitrogens is 1. The van der Waals surface area contributed by atoms with E-state index in [4.69, 9.17) is 5.73 Å². The van der Waals surface area contributed by atoms with Crippen LogP contribution in [0.3, 0.4) is 0 Å². The maximum Gasteiger partial charge on any atom is 0.137 e. The van der Waals surface area contributed by atoms with Crippen molar-refractivity contribution in [3.8, 4) is 0 Å². The van der Waals surface area contributed by atoms with Gasteiger partial charge in [-0.25, -0.2) is 4.98 Å². The first-order valence-electron chi connectivity index (χ1n) is 5.49. The molecule has 82 valence electrons. The number of hydrogen-bond acceptors (Lipinski definition) is 3. The van der Waals surface area contributed by atoms with Crippen molar-refractivity contribution in [1.29, 1.82) is 0 Å². The van der Waals surface area contributed by atoms with Crippen LogP contribution in [-0.4, -0.2) is 15.2 Å². The number of anilines is 1. The first kappa shape index (κ1) is 9.39. The molecule has 1 saturated carbocycles. The van der Waals surface area contributed by atoms with Crippen LogP contribution in [0.15, 0.2) is 30.6 Å². The van der Waals surface area contributed by atoms with E-state index in [0.29, 0.717) is 0 Å². The van der Waals surface area contributed by atoms with Gasteiger partial charge in [0.05, 0.1) is 0 Å². The lowest BCUT2D eigenvalue weighted by Gasteiger charge is -2.14. The number of aromatic amines is 1. The van der Waals surface area contributed by atoms with Crippen LogP contribution in [0.25, 0.3) is 0 Å². The van der Waals surface area contributed by atoms with Crippen LogP contribution in [0.1, 0.15) is 24.2 Å². The van der Waals surface area contributed by atoms with Gasteiger partial charge in [-0.2, -0.15) is 5.10 Å². The molecule has 4 nitrogen and oxygen atoms in total. The third-order valence-electron chi connectivity index (χ3n) is 3.32. The smallest absolute Gasteiger partial charge is 0.137 e. The van der Waals surface area contributed by atoms with Gasteiger partial charge in [-0.05, 0) is 30.5 Å². The van der Waals surface area contributed by atoms with E-state index in [-0.39, 0.29) is 5.41 Å². The minimum Gasteiger partial charge on any atom is -0.399 e. The van der Waals surface area contributed by atoms with Gasteiger partial charge in [0.1, 0.15) is 12.2 Å². The maximum absolute atomic E-state index is 5.82. The van der Waals surface area contributed by atoms with E-state index in [9.17, 15) is 0 Å². The predicted molar refractivity (Wildman–Crippen MR) is 61.9 cm³/mol. The summed E-state index contributed by atoms with van der Waals surface area (Å²) >= 11 is 0. The second-order valence-corrected chi connectivity index (χ2v) is 4.51. The molecule has 0 radical (unpaired) electrons. The third kappa shape index (κ3) is 1.56. The Morgan fingerprint density at radius 1 is 1.38 bits per heavy atom. The normalized spacial score (nSPS) is 17.2. The molecule has 0 saturated heterocycles. The van der Waals surface area contributed by atoms with E-state index < -0.39 is 0 Å². The minimum atomic E-state index is 0.245. The van der Waals surface area contributed by atoms with Crippen molar-refractivity contribution >= 4 is 5.69 Å². The van der Waals surface area contributed by atoms with Crippen LogP contribution >= 0.6 is 0 Å². The Hall–Kier alpha value is -1.84. The molecule has 3 rings (SSSR count). The topological polar surface area (TPSA) is 67.6 Å². The van der Waals surface area contributed by atoms with Gasteiger partial charge >= 0.3 is 0 Å². The summed E-state index contributed by atoms with van der Waals surface area (Å²) in [5.74, 6) is 0.958. The van der Waals surface area contributed by atoms with Crippen molar-refractivity contribution < 1.29 is 0 Å². The van der Waals surface area contributed by atoms with E-state index in [0.717, 1.165) is 17.9 Å². The zero-order valence-corrected chi connectivity index (χ0v) is 8.98. The van der Waals surface area contributed by atoms with Gasteiger partial charge in [0.15, 0.2) is 0 Å². The second-order valence-electron chi connectivity index (χ2n) is 4.51. The zero-order valence-electron chi connectivity index (χ0n) is 8.98. The summed E-state index contributed by atoms with van der Waals surface area (Å²) in [6, 6.07) is 8.17. The van der Waals surface area contributed by atoms with Gasteiger partial charge in [-0.1, -0.05) is 12.1 Å². The number of aromatic nitrogens is 3. The lowest BCUT2D eigenvalue weighted by molar-refractivity contribution is 0.658. The predicted octanol–water partition coefficient (Wildman–Crippen LogP) is 1.66. The van der Waals surface area contributed by atoms with E-state index in [1.165, 1.54) is 18.4 Å². The average molecular weight is 214 g/mol. The monoisotopic (exact) mass is 214 g/mol. The van der Waals surface area contributed by atoms with E-state index in [2.05, 4.69) is 27.3 Å². The highest BCUT2D eigenvalue weighted by Crippen LogP contribution is 2.50. The fraction of sp³-hybridized carbons (Fsp3) is 0.333. The lowest BCUT2D eigenvalue weighted by Crippen LogP contribution is -2.12. The highest BCUT2D eigenvalue weighted by Gasteiger charge is 2.44. The summed E-state index contributed by atoms with van der Waals surface area (Å²) in [6.07, 6.45) is 4.90. The lowest BCUT2D eigenvalue weighted by atomic mass is 9.92. The molecule has 1 fully saturated rings. The van der Waals surface area contributed by atoms with E-state index >= 15 is 0 Å². The largest absolute Gasteiger partial charge is 0.399 e. The van der Waals surface area contributed by atoms with Crippen LogP contribution in [-0.2, 0) is 11.8 Å². The Balaban J connectivity index is 1.88. The molecule has 1 heterocycles. The molecule has 0 bridgehead atoms. The maximum atomic E-state index is 5.82. The van der Waals surface area contributed by atoms with Gasteiger partial charge in [0, 0.05) is 17.5 Å². The van der Waals surface area contributed by atoms with Gasteiger partial charge < -0.3 is 5.73 Å². The molecule has 4 heteroatoms. The van der Waals surface area contributed by atoms with Crippen molar-refractivity contribution in [2.24, 2.45) is 0 Å². The first-order chi connectivity index (χ1) is 7.78. The number of nitrogens with zero attached hydrogens (tertiary/aromatic N) is 2. The number of nitrogen functional groups attached to an aromatic ring is 1. The summed E-state index contributed by atoms with van der Waals surface area (Å²) in [6.45, 7) is 0. The summed E-state index contributed by atoms with van der Waals surface area (Å²) in [4.78, 5) is 4.19. The molecule has 16 heavy (non-hydrogen) atoms. The van der Waals surface area contributed by atoms with Crippen LogP contribution < -0.4 is 5.73 Å². The fourth-order valence-electron chi connectivity index (χ4n) is 2.22. The molecule has 0 amide bonds. The molecule has 1 aromatic carbocycles. The van der Waals surface area contributed by atoms with Gasteiger partial charge in [-0.15, -0.1) is 0 Å². The summed E-state index contributed by atoms with van der Waals surface area (Å²) in [5, 5.41) is 6.81. The molecule has 1 aliphatic rings. The van der Waals surface area contributed by atoms with Crippen LogP contribution in [0.4, 0.5) is 5.69 Å². The highest BCUT2D eigenvalue weighted by molar-refractivity contribution is 5.45. The van der Waals surface area contributed by atoms with Crippen molar-refractivity contribution in [3.63, 3.8) is 0 Å². The standard InChI is InChI=1S/C12H14N4/c13-10-3-1-2-9(6-10)12(4-5-12)7-11-14-8-15-16-11/h1-3,6,8H,4-5,7,13H2,(H,14,15,16). The molecule has 0 aliphatic heterocycles. The van der Waals surface area contributed by atoms with Crippen LogP contribution in [0, 0.1) is 0 Å². The van der Waals surface area contributed by atoms with Gasteiger partial charge in [0.2, 0.25) is 0 Å². The Bertz CT molecular complexity index is 485. The van der Waals surface area contributed by atoms with Gasteiger partial charge in [-0.3, -0.25) is 5.10 Å². The van der Waals surface area contributed by atoms with Gasteiger partial charge in [0.25, 0.3) is 0 Å². The molecule has 0 unspecified atom stereocenters. The summed E-state index contributed by atoms with van der Waals surface area (Å²) in [5.41, 5.74) is 8.22. The molecule has 1 aromatic heterocycles. The average Bonchev–Trinajstić information content (AvgIpc) is 2.87. The Morgan fingerprint density at radius 3 is 2.88 bits per heavy atom. The molecule has 3 N–H and O–H groups in total. The third-order valence-corrected chi connectivity index (χ3v) is 3.32. The Morgan fingerprint density at radius 2 is 2.25 bits per heavy atom. The number of rotatable bonds is 3. The second kappa shape index (κ2) is 3.33. The number of nitrogens with one attached hydrogen (secondary N) is 1. The molecular weight excluding hydrogens is 200 g/mol. The highest BCUT2D eigenvalue weighted by atomic mass is 15.2. The fourth-order valence-corrected chi connectivity index (χ4v) is 2.22. The zero-order chi connectivity index (χ0) is 11.0. The van der Waals surface area contributed by atoms with Crippen LogP contribution in [0.5, 0.6) is 0 Å². The van der Waals surface area contributed by atoms with E-state index in [1.807, 2.05) is 12.1 Å². The number of benzene rings is 1. The van der Waals surface area contributed by atoms with Crippen molar-refractivity contribution in [2.45, 2.75) is 24.7 Å². The quantitative estimate of drug-likeness (QED) is 0.763. The number of hydrogen-bond donors (Lipinski definition) is 2. The molecule has 0 spiro atoms. The number of nitrogens with two attached hydrogens (primary N) is 1. The SMILES string of the molecule is Nc1cccc(C2(Cc3ncn[nH]3)CC2)c1. The Labute approximate surface area is 93.9 Å². The van der Waals surface area contributed by atoms with Crippen molar-refractivity contribution in [1.82, 2.24) is 15.2 Å². The Kier molecular flexibility index (Phi) is 1.96.